The van der Waals surface area contributed by atoms with Crippen LogP contribution in [-0.2, 0) is 14.3 Å². The summed E-state index contributed by atoms with van der Waals surface area (Å²) in [5.41, 5.74) is 2.01. The molecule has 2 aliphatic heterocycles. The molecule has 2 fully saturated rings. The van der Waals surface area contributed by atoms with Crippen LogP contribution in [0.3, 0.4) is 0 Å². The number of hydrogen-bond donors (Lipinski definition) is 1. The molecule has 1 aromatic carbocycles. The quantitative estimate of drug-likeness (QED) is 0.893. The van der Waals surface area contributed by atoms with Crippen LogP contribution in [0.2, 0.25) is 0 Å². The third-order valence-corrected chi connectivity index (χ3v) is 5.29. The summed E-state index contributed by atoms with van der Waals surface area (Å²) in [4.78, 5) is 26.5. The molecule has 5 nitrogen and oxygen atoms in total. The van der Waals surface area contributed by atoms with Crippen molar-refractivity contribution in [1.29, 1.82) is 0 Å². The van der Waals surface area contributed by atoms with E-state index in [1.54, 1.807) is 0 Å². The maximum atomic E-state index is 12.4. The Morgan fingerprint density at radius 3 is 2.72 bits per heavy atom. The van der Waals surface area contributed by atoms with Crippen molar-refractivity contribution in [1.82, 2.24) is 4.90 Å². The van der Waals surface area contributed by atoms with Crippen molar-refractivity contribution in [2.45, 2.75) is 39.0 Å². The molecule has 2 saturated heterocycles. The minimum atomic E-state index is 0.0663. The maximum absolute atomic E-state index is 12.4. The molecular formula is C20H28N2O3. The molecule has 1 atom stereocenters. The van der Waals surface area contributed by atoms with Crippen LogP contribution in [0.25, 0.3) is 0 Å². The van der Waals surface area contributed by atoms with Gasteiger partial charge >= 0.3 is 0 Å². The van der Waals surface area contributed by atoms with E-state index in [1.807, 2.05) is 36.1 Å². The lowest BCUT2D eigenvalue weighted by Crippen LogP contribution is -2.42. The van der Waals surface area contributed by atoms with Gasteiger partial charge in [0.25, 0.3) is 0 Å². The first kappa shape index (κ1) is 17.9. The molecular weight excluding hydrogens is 316 g/mol. The second-order valence-electron chi connectivity index (χ2n) is 7.29. The van der Waals surface area contributed by atoms with Gasteiger partial charge in [0.15, 0.2) is 0 Å². The highest BCUT2D eigenvalue weighted by Gasteiger charge is 2.30. The Morgan fingerprint density at radius 2 is 2.04 bits per heavy atom. The fourth-order valence-corrected chi connectivity index (χ4v) is 3.71. The molecule has 0 aromatic heterocycles. The number of piperidine rings is 1. The number of anilines is 1. The monoisotopic (exact) mass is 344 g/mol. The van der Waals surface area contributed by atoms with Crippen LogP contribution in [-0.4, -0.2) is 43.0 Å². The van der Waals surface area contributed by atoms with Gasteiger partial charge in [-0.1, -0.05) is 12.1 Å². The van der Waals surface area contributed by atoms with E-state index in [0.717, 1.165) is 50.0 Å². The summed E-state index contributed by atoms with van der Waals surface area (Å²) >= 11 is 0. The molecule has 0 bridgehead atoms. The molecule has 2 aliphatic rings. The zero-order valence-corrected chi connectivity index (χ0v) is 15.0. The molecule has 1 aromatic rings. The number of amides is 2. The fourth-order valence-electron chi connectivity index (χ4n) is 3.71. The van der Waals surface area contributed by atoms with E-state index >= 15 is 0 Å². The van der Waals surface area contributed by atoms with Gasteiger partial charge in [-0.15, -0.1) is 0 Å². The summed E-state index contributed by atoms with van der Waals surface area (Å²) in [7, 11) is 0. The van der Waals surface area contributed by atoms with Crippen molar-refractivity contribution in [3.8, 4) is 0 Å². The third kappa shape index (κ3) is 5.05. The maximum Gasteiger partial charge on any atom is 0.228 e. The van der Waals surface area contributed by atoms with E-state index in [2.05, 4.69) is 5.32 Å². The second-order valence-corrected chi connectivity index (χ2v) is 7.29. The smallest absolute Gasteiger partial charge is 0.228 e. The lowest BCUT2D eigenvalue weighted by atomic mass is 9.91. The fraction of sp³-hybridized carbons (Fsp3) is 0.600. The van der Waals surface area contributed by atoms with Crippen LogP contribution in [0.1, 0.15) is 37.7 Å². The minimum Gasteiger partial charge on any atom is -0.381 e. The predicted octanol–water partition coefficient (Wildman–Crippen LogP) is 2.99. The first-order chi connectivity index (χ1) is 12.1. The van der Waals surface area contributed by atoms with Gasteiger partial charge in [0.2, 0.25) is 11.8 Å². The van der Waals surface area contributed by atoms with E-state index in [9.17, 15) is 9.59 Å². The van der Waals surface area contributed by atoms with Crippen molar-refractivity contribution in [3.05, 3.63) is 29.8 Å². The zero-order chi connectivity index (χ0) is 17.6. The summed E-state index contributed by atoms with van der Waals surface area (Å²) in [6.07, 6.45) is 4.29. The van der Waals surface area contributed by atoms with Crippen LogP contribution in [0.15, 0.2) is 24.3 Å². The Morgan fingerprint density at radius 1 is 1.24 bits per heavy atom. The van der Waals surface area contributed by atoms with Gasteiger partial charge < -0.3 is 15.0 Å². The van der Waals surface area contributed by atoms with E-state index in [-0.39, 0.29) is 17.7 Å². The van der Waals surface area contributed by atoms with Crippen molar-refractivity contribution in [2.24, 2.45) is 11.8 Å². The molecule has 1 N–H and O–H groups in total. The number of ether oxygens (including phenoxy) is 1. The Balaban J connectivity index is 1.37. The summed E-state index contributed by atoms with van der Waals surface area (Å²) in [5.74, 6) is 0.934. The SMILES string of the molecule is Cc1cccc(NC(=O)CCC2CCN(C(=O)C3CCOC3)CC2)c1. The van der Waals surface area contributed by atoms with E-state index < -0.39 is 0 Å². The molecule has 2 heterocycles. The standard InChI is InChI=1S/C20H28N2O3/c1-15-3-2-4-18(13-15)21-19(23)6-5-16-7-10-22(11-8-16)20(24)17-9-12-25-14-17/h2-4,13,16-17H,5-12,14H2,1H3,(H,21,23). The van der Waals surface area contributed by atoms with Crippen LogP contribution >= 0.6 is 0 Å². The summed E-state index contributed by atoms with van der Waals surface area (Å²) in [6, 6.07) is 7.87. The number of aryl methyl sites for hydroxylation is 1. The van der Waals surface area contributed by atoms with Crippen molar-refractivity contribution >= 4 is 17.5 Å². The highest BCUT2D eigenvalue weighted by molar-refractivity contribution is 5.90. The number of likely N-dealkylation sites (tertiary alicyclic amines) is 1. The van der Waals surface area contributed by atoms with Crippen molar-refractivity contribution < 1.29 is 14.3 Å². The predicted molar refractivity (Wildman–Crippen MR) is 97.3 cm³/mol. The van der Waals surface area contributed by atoms with Gasteiger partial charge in [0, 0.05) is 31.8 Å². The summed E-state index contributed by atoms with van der Waals surface area (Å²) < 4.78 is 5.32. The van der Waals surface area contributed by atoms with E-state index in [1.165, 1.54) is 0 Å². The molecule has 3 rings (SSSR count). The highest BCUT2D eigenvalue weighted by atomic mass is 16.5. The molecule has 1 unspecified atom stereocenters. The van der Waals surface area contributed by atoms with Crippen molar-refractivity contribution in [2.75, 3.05) is 31.6 Å². The minimum absolute atomic E-state index is 0.0663. The molecule has 25 heavy (non-hydrogen) atoms. The first-order valence-corrected chi connectivity index (χ1v) is 9.35. The summed E-state index contributed by atoms with van der Waals surface area (Å²) in [6.45, 7) is 4.95. The molecule has 2 amide bonds. The first-order valence-electron chi connectivity index (χ1n) is 9.35. The Bertz CT molecular complexity index is 603. The number of benzene rings is 1. The second kappa shape index (κ2) is 8.48. The normalized spacial score (nSPS) is 21.3. The molecule has 0 saturated carbocycles. The average molecular weight is 344 g/mol. The molecule has 0 aliphatic carbocycles. The Kier molecular flexibility index (Phi) is 6.08. The number of nitrogens with zero attached hydrogens (tertiary/aromatic N) is 1. The van der Waals surface area contributed by atoms with Gasteiger partial charge in [-0.2, -0.15) is 0 Å². The molecule has 0 spiro atoms. The Hall–Kier alpha value is -1.88. The molecule has 5 heteroatoms. The lowest BCUT2D eigenvalue weighted by Gasteiger charge is -2.33. The number of carbonyl (C=O) groups excluding carboxylic acids is 2. The van der Waals surface area contributed by atoms with Crippen molar-refractivity contribution in [3.63, 3.8) is 0 Å². The van der Waals surface area contributed by atoms with Gasteiger partial charge in [0.05, 0.1) is 12.5 Å². The van der Waals surface area contributed by atoms with Crippen LogP contribution < -0.4 is 5.32 Å². The summed E-state index contributed by atoms with van der Waals surface area (Å²) in [5, 5.41) is 2.97. The number of carbonyl (C=O) groups is 2. The van der Waals surface area contributed by atoms with Gasteiger partial charge in [-0.25, -0.2) is 0 Å². The average Bonchev–Trinajstić information content (AvgIpc) is 3.14. The van der Waals surface area contributed by atoms with E-state index in [4.69, 9.17) is 4.74 Å². The third-order valence-electron chi connectivity index (χ3n) is 5.29. The van der Waals surface area contributed by atoms with Gasteiger partial charge in [-0.05, 0) is 56.2 Å². The van der Waals surface area contributed by atoms with Gasteiger partial charge in [0.1, 0.15) is 0 Å². The van der Waals surface area contributed by atoms with Crippen LogP contribution in [0, 0.1) is 18.8 Å². The number of rotatable bonds is 5. The Labute approximate surface area is 149 Å². The zero-order valence-electron chi connectivity index (χ0n) is 15.0. The topological polar surface area (TPSA) is 58.6 Å². The van der Waals surface area contributed by atoms with E-state index in [0.29, 0.717) is 25.6 Å². The largest absolute Gasteiger partial charge is 0.381 e. The molecule has 0 radical (unpaired) electrons. The highest BCUT2D eigenvalue weighted by Crippen LogP contribution is 2.25. The number of hydrogen-bond acceptors (Lipinski definition) is 3. The van der Waals surface area contributed by atoms with Crippen LogP contribution in [0.5, 0.6) is 0 Å². The van der Waals surface area contributed by atoms with Gasteiger partial charge in [-0.3, -0.25) is 9.59 Å². The number of nitrogens with one attached hydrogen (secondary N) is 1. The van der Waals surface area contributed by atoms with Crippen LogP contribution in [0.4, 0.5) is 5.69 Å². The molecule has 136 valence electrons. The lowest BCUT2D eigenvalue weighted by molar-refractivity contribution is -0.137.